The van der Waals surface area contributed by atoms with Gasteiger partial charge >= 0.3 is 5.97 Å². The largest absolute Gasteiger partial charge is 0.490 e. The number of ether oxygens (including phenoxy) is 3. The van der Waals surface area contributed by atoms with Gasteiger partial charge in [0.25, 0.3) is 11.1 Å². The summed E-state index contributed by atoms with van der Waals surface area (Å²) in [6.45, 7) is 2.10. The smallest absolute Gasteiger partial charge is 0.344 e. The van der Waals surface area contributed by atoms with Crippen LogP contribution in [0.15, 0.2) is 53.4 Å². The minimum atomic E-state index is -0.446. The Hall–Kier alpha value is -2.97. The van der Waals surface area contributed by atoms with Crippen molar-refractivity contribution in [1.82, 2.24) is 4.90 Å². The molecule has 2 aromatic rings. The fourth-order valence-corrected chi connectivity index (χ4v) is 3.71. The first kappa shape index (κ1) is 22.7. The van der Waals surface area contributed by atoms with E-state index in [-0.39, 0.29) is 30.9 Å². The second-order valence-corrected chi connectivity index (χ2v) is 7.68. The molecule has 0 saturated carbocycles. The third-order valence-electron chi connectivity index (χ3n) is 4.12. The fraction of sp³-hybridized carbons (Fsp3) is 0.227. The van der Waals surface area contributed by atoms with Gasteiger partial charge < -0.3 is 14.2 Å². The number of thioether (sulfide) groups is 1. The summed E-state index contributed by atoms with van der Waals surface area (Å²) in [4.78, 5) is 37.6. The van der Waals surface area contributed by atoms with Crippen molar-refractivity contribution in [1.29, 1.82) is 0 Å². The second-order valence-electron chi connectivity index (χ2n) is 6.27. The predicted molar refractivity (Wildman–Crippen MR) is 118 cm³/mol. The molecule has 0 aliphatic carbocycles. The van der Waals surface area contributed by atoms with Crippen LogP contribution in [0.3, 0.4) is 0 Å². The van der Waals surface area contributed by atoms with Crippen molar-refractivity contribution in [2.75, 3.05) is 26.4 Å². The number of hydrogen-bond acceptors (Lipinski definition) is 7. The van der Waals surface area contributed by atoms with Gasteiger partial charge in [0, 0.05) is 0 Å². The summed E-state index contributed by atoms with van der Waals surface area (Å²) in [6, 6.07) is 13.8. The van der Waals surface area contributed by atoms with E-state index in [1.54, 1.807) is 61.5 Å². The van der Waals surface area contributed by atoms with Crippen LogP contribution in [0.5, 0.6) is 11.5 Å². The fourth-order valence-electron chi connectivity index (χ4n) is 2.66. The number of nitrogens with zero attached hydrogens (tertiary/aromatic N) is 1. The molecule has 9 heteroatoms. The molecule has 1 aliphatic heterocycles. The Morgan fingerprint density at radius 3 is 2.55 bits per heavy atom. The van der Waals surface area contributed by atoms with Crippen molar-refractivity contribution in [3.63, 3.8) is 0 Å². The van der Waals surface area contributed by atoms with Crippen molar-refractivity contribution in [2.24, 2.45) is 0 Å². The Morgan fingerprint density at radius 2 is 1.84 bits per heavy atom. The first-order valence-electron chi connectivity index (χ1n) is 9.49. The Morgan fingerprint density at radius 1 is 1.10 bits per heavy atom. The molecule has 0 N–H and O–H groups in total. The molecule has 0 radical (unpaired) electrons. The number of imide groups is 1. The number of esters is 1. The lowest BCUT2D eigenvalue weighted by Crippen LogP contribution is -2.32. The molecule has 2 amide bonds. The van der Waals surface area contributed by atoms with Crippen LogP contribution in [0, 0.1) is 0 Å². The zero-order valence-corrected chi connectivity index (χ0v) is 18.3. The number of halogens is 1. The van der Waals surface area contributed by atoms with Gasteiger partial charge in [0.05, 0.1) is 23.1 Å². The normalized spacial score (nSPS) is 14.8. The van der Waals surface area contributed by atoms with E-state index in [1.807, 2.05) is 0 Å². The highest BCUT2D eigenvalue weighted by Crippen LogP contribution is 2.32. The summed E-state index contributed by atoms with van der Waals surface area (Å²) in [5.41, 5.74) is 0.723. The van der Waals surface area contributed by atoms with E-state index in [2.05, 4.69) is 0 Å². The first-order valence-corrected chi connectivity index (χ1v) is 10.7. The molecular weight excluding hydrogens is 442 g/mol. The third kappa shape index (κ3) is 6.26. The summed E-state index contributed by atoms with van der Waals surface area (Å²) < 4.78 is 15.7. The summed E-state index contributed by atoms with van der Waals surface area (Å²) >= 11 is 6.91. The van der Waals surface area contributed by atoms with Crippen molar-refractivity contribution in [2.45, 2.75) is 6.92 Å². The van der Waals surface area contributed by atoms with Crippen LogP contribution in [0.4, 0.5) is 4.79 Å². The highest BCUT2D eigenvalue weighted by molar-refractivity contribution is 8.18. The minimum Gasteiger partial charge on any atom is -0.490 e. The molecule has 3 rings (SSSR count). The van der Waals surface area contributed by atoms with Gasteiger partial charge in [0.2, 0.25) is 0 Å². The number of para-hydroxylation sites is 1. The zero-order chi connectivity index (χ0) is 22.2. The van der Waals surface area contributed by atoms with Crippen LogP contribution in [-0.4, -0.2) is 48.4 Å². The molecule has 0 spiro atoms. The first-order chi connectivity index (χ1) is 15.0. The van der Waals surface area contributed by atoms with Gasteiger partial charge in [-0.25, -0.2) is 4.79 Å². The average Bonchev–Trinajstić information content (AvgIpc) is 3.02. The second kappa shape index (κ2) is 10.9. The number of carbonyl (C=O) groups is 3. The lowest BCUT2D eigenvalue weighted by molar-refractivity contribution is -0.145. The van der Waals surface area contributed by atoms with E-state index < -0.39 is 5.97 Å². The maximum atomic E-state index is 12.6. The Labute approximate surface area is 188 Å². The van der Waals surface area contributed by atoms with Gasteiger partial charge in [0.15, 0.2) is 6.61 Å². The van der Waals surface area contributed by atoms with E-state index in [9.17, 15) is 14.4 Å². The molecule has 1 heterocycles. The molecule has 162 valence electrons. The molecule has 1 aliphatic rings. The van der Waals surface area contributed by atoms with Crippen LogP contribution in [0.2, 0.25) is 5.02 Å². The van der Waals surface area contributed by atoms with Crippen LogP contribution >= 0.6 is 23.4 Å². The van der Waals surface area contributed by atoms with Gasteiger partial charge in [-0.15, -0.1) is 0 Å². The quantitative estimate of drug-likeness (QED) is 0.404. The lowest BCUT2D eigenvalue weighted by Gasteiger charge is -2.13. The van der Waals surface area contributed by atoms with Crippen molar-refractivity contribution in [3.05, 3.63) is 64.0 Å². The van der Waals surface area contributed by atoms with E-state index >= 15 is 0 Å². The SMILES string of the molecule is CCOC(=O)COc1ccc(/C=C2\SC(=O)N(CCOc3ccccc3Cl)C2=O)cc1. The molecule has 0 bridgehead atoms. The zero-order valence-electron chi connectivity index (χ0n) is 16.7. The van der Waals surface area contributed by atoms with E-state index in [4.69, 9.17) is 25.8 Å². The minimum absolute atomic E-state index is 0.119. The summed E-state index contributed by atoms with van der Waals surface area (Å²) in [6.07, 6.45) is 1.63. The standard InChI is InChI=1S/C22H20ClNO6S/c1-2-28-20(25)14-30-16-9-7-15(8-10-16)13-19-21(26)24(22(27)31-19)11-12-29-18-6-4-3-5-17(18)23/h3-10,13H,2,11-12,14H2,1H3/b19-13-. The van der Waals surface area contributed by atoms with Crippen molar-refractivity contribution in [3.8, 4) is 11.5 Å². The number of carbonyl (C=O) groups excluding carboxylic acids is 3. The van der Waals surface area contributed by atoms with Gasteiger partial charge in [0.1, 0.15) is 18.1 Å². The molecule has 31 heavy (non-hydrogen) atoms. The number of hydrogen-bond donors (Lipinski definition) is 0. The molecule has 1 saturated heterocycles. The summed E-state index contributed by atoms with van der Waals surface area (Å²) in [7, 11) is 0. The molecule has 0 unspecified atom stereocenters. The van der Waals surface area contributed by atoms with E-state index in [1.165, 1.54) is 0 Å². The topological polar surface area (TPSA) is 82.1 Å². The lowest BCUT2D eigenvalue weighted by atomic mass is 10.2. The summed E-state index contributed by atoms with van der Waals surface area (Å²) in [5, 5.41) is 0.111. The monoisotopic (exact) mass is 461 g/mol. The van der Waals surface area contributed by atoms with Crippen LogP contribution in [-0.2, 0) is 14.3 Å². The molecule has 1 fully saturated rings. The van der Waals surface area contributed by atoms with Crippen molar-refractivity contribution >= 4 is 46.6 Å². The number of benzene rings is 2. The number of amides is 2. The van der Waals surface area contributed by atoms with Crippen LogP contribution < -0.4 is 9.47 Å². The van der Waals surface area contributed by atoms with E-state index in [0.29, 0.717) is 28.0 Å². The summed E-state index contributed by atoms with van der Waals surface area (Å²) in [5.74, 6) is 0.172. The van der Waals surface area contributed by atoms with Gasteiger partial charge in [-0.1, -0.05) is 35.9 Å². The highest BCUT2D eigenvalue weighted by Gasteiger charge is 2.34. The Kier molecular flexibility index (Phi) is 7.97. The molecule has 0 atom stereocenters. The van der Waals surface area contributed by atoms with E-state index in [0.717, 1.165) is 22.2 Å². The Balaban J connectivity index is 1.55. The highest BCUT2D eigenvalue weighted by atomic mass is 35.5. The third-order valence-corrected chi connectivity index (χ3v) is 5.34. The van der Waals surface area contributed by atoms with Crippen LogP contribution in [0.1, 0.15) is 12.5 Å². The molecular formula is C22H20ClNO6S. The maximum absolute atomic E-state index is 12.6. The maximum Gasteiger partial charge on any atom is 0.344 e. The van der Waals surface area contributed by atoms with Gasteiger partial charge in [-0.2, -0.15) is 0 Å². The van der Waals surface area contributed by atoms with Crippen molar-refractivity contribution < 1.29 is 28.6 Å². The molecule has 0 aromatic heterocycles. The number of rotatable bonds is 9. The van der Waals surface area contributed by atoms with Gasteiger partial charge in [-0.3, -0.25) is 14.5 Å². The Bertz CT molecular complexity index is 992. The van der Waals surface area contributed by atoms with Crippen LogP contribution in [0.25, 0.3) is 6.08 Å². The molecule has 7 nitrogen and oxygen atoms in total. The predicted octanol–water partition coefficient (Wildman–Crippen LogP) is 4.40. The van der Waals surface area contributed by atoms with Gasteiger partial charge in [-0.05, 0) is 54.6 Å². The molecule has 2 aromatic carbocycles. The average molecular weight is 462 g/mol.